The molecule has 2 heterocycles. The van der Waals surface area contributed by atoms with Crippen LogP contribution in [-0.4, -0.2) is 19.9 Å². The Labute approximate surface area is 118 Å². The second-order valence-corrected chi connectivity index (χ2v) is 4.43. The van der Waals surface area contributed by atoms with Crippen LogP contribution in [0.25, 0.3) is 12.2 Å². The van der Waals surface area contributed by atoms with Crippen molar-refractivity contribution in [2.24, 2.45) is 0 Å². The summed E-state index contributed by atoms with van der Waals surface area (Å²) < 4.78 is 0. The van der Waals surface area contributed by atoms with Crippen LogP contribution in [0.5, 0.6) is 0 Å². The molecule has 0 fully saturated rings. The monoisotopic (exact) mass is 280 g/mol. The van der Waals surface area contributed by atoms with Crippen LogP contribution < -0.4 is 21.8 Å². The van der Waals surface area contributed by atoms with Gasteiger partial charge in [0.15, 0.2) is 0 Å². The molecule has 1 aromatic carbocycles. The van der Waals surface area contributed by atoms with Gasteiger partial charge in [-0.2, -0.15) is 0 Å². The molecule has 2 aromatic heterocycles. The van der Waals surface area contributed by atoms with Gasteiger partial charge in [-0.3, -0.25) is 9.59 Å². The summed E-state index contributed by atoms with van der Waals surface area (Å²) in [5.74, 6) is 0. The van der Waals surface area contributed by atoms with Crippen molar-refractivity contribution in [3.05, 3.63) is 85.5 Å². The average Bonchev–Trinajstić information content (AvgIpc) is 2.98. The van der Waals surface area contributed by atoms with E-state index < -0.39 is 0 Å². The average molecular weight is 280 g/mol. The molecule has 3 rings (SSSR count). The van der Waals surface area contributed by atoms with Gasteiger partial charge in [0.05, 0.1) is 12.0 Å². The number of aromatic nitrogens is 4. The molecule has 0 atom stereocenters. The molecule has 21 heavy (non-hydrogen) atoms. The molecule has 0 unspecified atom stereocenters. The molecule has 3 aromatic rings. The third kappa shape index (κ3) is 2.89. The molecule has 0 aliphatic carbocycles. The summed E-state index contributed by atoms with van der Waals surface area (Å²) in [6.45, 7) is 0. The second kappa shape index (κ2) is 5.46. The van der Waals surface area contributed by atoms with Crippen LogP contribution in [-0.2, 0) is 0 Å². The maximum Gasteiger partial charge on any atom is 0.272 e. The van der Waals surface area contributed by atoms with E-state index in [2.05, 4.69) is 19.9 Å². The summed E-state index contributed by atoms with van der Waals surface area (Å²) in [6, 6.07) is 9.30. The van der Waals surface area contributed by atoms with Crippen molar-refractivity contribution in [1.82, 2.24) is 19.9 Å². The van der Waals surface area contributed by atoms with Crippen molar-refractivity contribution in [1.29, 1.82) is 0 Å². The Balaban J connectivity index is 2.16. The summed E-state index contributed by atoms with van der Waals surface area (Å²) in [6.07, 6.45) is 6.25. The van der Waals surface area contributed by atoms with E-state index in [1.807, 2.05) is 30.3 Å². The number of benzene rings is 1. The van der Waals surface area contributed by atoms with Gasteiger partial charge < -0.3 is 15.0 Å². The maximum atomic E-state index is 12.0. The molecule has 0 radical (unpaired) electrons. The van der Waals surface area contributed by atoms with E-state index in [9.17, 15) is 9.59 Å². The zero-order valence-electron chi connectivity index (χ0n) is 11.0. The first-order chi connectivity index (χ1) is 10.2. The topological polar surface area (TPSA) is 94.4 Å². The predicted octanol–water partition coefficient (Wildman–Crippen LogP) is -0.556. The lowest BCUT2D eigenvalue weighted by molar-refractivity contribution is 1.00. The van der Waals surface area contributed by atoms with E-state index in [1.54, 1.807) is 12.3 Å². The number of nitrogens with zero attached hydrogens (tertiary/aromatic N) is 1. The highest BCUT2D eigenvalue weighted by Gasteiger charge is 1.97. The van der Waals surface area contributed by atoms with E-state index in [0.717, 1.165) is 5.56 Å². The van der Waals surface area contributed by atoms with E-state index in [4.69, 9.17) is 0 Å². The van der Waals surface area contributed by atoms with Crippen molar-refractivity contribution in [3.8, 4) is 0 Å². The summed E-state index contributed by atoms with van der Waals surface area (Å²) >= 11 is 0. The van der Waals surface area contributed by atoms with Crippen LogP contribution in [0.15, 0.2) is 52.4 Å². The number of hydrogen-bond donors (Lipinski definition) is 3. The van der Waals surface area contributed by atoms with Crippen LogP contribution in [0.3, 0.4) is 0 Å². The Morgan fingerprint density at radius 3 is 2.19 bits per heavy atom. The molecule has 104 valence electrons. The number of rotatable bonds is 2. The molecule has 0 aliphatic heterocycles. The quantitative estimate of drug-likeness (QED) is 0.587. The van der Waals surface area contributed by atoms with Gasteiger partial charge in [0.1, 0.15) is 10.7 Å². The van der Waals surface area contributed by atoms with Gasteiger partial charge in [0, 0.05) is 6.20 Å². The minimum atomic E-state index is -0.375. The van der Waals surface area contributed by atoms with Crippen LogP contribution in [0, 0.1) is 0 Å². The molecule has 0 amide bonds. The third-order valence-electron chi connectivity index (χ3n) is 2.91. The van der Waals surface area contributed by atoms with Crippen molar-refractivity contribution in [2.45, 2.75) is 0 Å². The molecule has 6 heteroatoms. The third-order valence-corrected chi connectivity index (χ3v) is 2.91. The van der Waals surface area contributed by atoms with Gasteiger partial charge in [-0.05, 0) is 17.7 Å². The number of nitrogens with one attached hydrogen (secondary N) is 3. The fourth-order valence-corrected chi connectivity index (χ4v) is 1.91. The van der Waals surface area contributed by atoms with Crippen molar-refractivity contribution in [3.63, 3.8) is 0 Å². The summed E-state index contributed by atoms with van der Waals surface area (Å²) in [4.78, 5) is 35.9. The Morgan fingerprint density at radius 2 is 1.57 bits per heavy atom. The predicted molar refractivity (Wildman–Crippen MR) is 79.1 cm³/mol. The first kappa shape index (κ1) is 12.9. The van der Waals surface area contributed by atoms with Crippen LogP contribution in [0.1, 0.15) is 11.3 Å². The Morgan fingerprint density at radius 1 is 0.905 bits per heavy atom. The number of imidazole rings is 1. The van der Waals surface area contributed by atoms with E-state index in [-0.39, 0.29) is 21.8 Å². The Hall–Kier alpha value is -3.15. The van der Waals surface area contributed by atoms with Gasteiger partial charge in [0.25, 0.3) is 11.1 Å². The van der Waals surface area contributed by atoms with Crippen molar-refractivity contribution < 1.29 is 0 Å². The van der Waals surface area contributed by atoms with Gasteiger partial charge in [-0.1, -0.05) is 30.3 Å². The molecule has 6 nitrogen and oxygen atoms in total. The number of aromatic amines is 3. The lowest BCUT2D eigenvalue weighted by atomic mass is 10.2. The van der Waals surface area contributed by atoms with Gasteiger partial charge in [-0.25, -0.2) is 4.98 Å². The fraction of sp³-hybridized carbons (Fsp3) is 0. The largest absolute Gasteiger partial charge is 0.351 e. The summed E-state index contributed by atoms with van der Waals surface area (Å²) in [5.41, 5.74) is 0.665. The fourth-order valence-electron chi connectivity index (χ4n) is 1.91. The standard InChI is InChI=1S/C15H12N4O2/c20-14-12(6-10-4-2-1-3-5-10)18-15(21)13(19-14)7-11-8-16-9-17-11/h1-9H,(H,16,17)(H,18,21)(H,19,20)/b12-6+,13-7+. The molecular formula is C15H12N4O2. The first-order valence-corrected chi connectivity index (χ1v) is 6.32. The van der Waals surface area contributed by atoms with Gasteiger partial charge in [0.2, 0.25) is 0 Å². The molecule has 0 spiro atoms. The lowest BCUT2D eigenvalue weighted by Gasteiger charge is -1.92. The van der Waals surface area contributed by atoms with Crippen molar-refractivity contribution in [2.75, 3.05) is 0 Å². The smallest absolute Gasteiger partial charge is 0.272 e. The zero-order chi connectivity index (χ0) is 14.7. The van der Waals surface area contributed by atoms with Gasteiger partial charge >= 0.3 is 0 Å². The molecule has 3 N–H and O–H groups in total. The SMILES string of the molecule is O=c1[nH]/c(=C/c2c[nH]cn2)c(=O)[nH]/c1=C/c1ccccc1. The van der Waals surface area contributed by atoms with Crippen LogP contribution in [0.2, 0.25) is 0 Å². The van der Waals surface area contributed by atoms with Crippen LogP contribution in [0.4, 0.5) is 0 Å². The molecule has 0 bridgehead atoms. The van der Waals surface area contributed by atoms with Crippen LogP contribution >= 0.6 is 0 Å². The lowest BCUT2D eigenvalue weighted by Crippen LogP contribution is -2.46. The number of hydrogen-bond acceptors (Lipinski definition) is 3. The van der Waals surface area contributed by atoms with Gasteiger partial charge in [-0.15, -0.1) is 0 Å². The highest BCUT2D eigenvalue weighted by Crippen LogP contribution is 1.97. The molecule has 0 aliphatic rings. The molecule has 0 saturated heterocycles. The normalized spacial score (nSPS) is 12.8. The highest BCUT2D eigenvalue weighted by atomic mass is 16.1. The highest BCUT2D eigenvalue weighted by molar-refractivity contribution is 5.47. The zero-order valence-corrected chi connectivity index (χ0v) is 11.0. The first-order valence-electron chi connectivity index (χ1n) is 6.32. The maximum absolute atomic E-state index is 12.0. The second-order valence-electron chi connectivity index (χ2n) is 4.43. The summed E-state index contributed by atoms with van der Waals surface area (Å²) in [5, 5.41) is 0.377. The molecular weight excluding hydrogens is 268 g/mol. The Bertz CT molecular complexity index is 967. The summed E-state index contributed by atoms with van der Waals surface area (Å²) in [7, 11) is 0. The van der Waals surface area contributed by atoms with E-state index in [1.165, 1.54) is 12.4 Å². The molecule has 0 saturated carbocycles. The van der Waals surface area contributed by atoms with Crippen molar-refractivity contribution >= 4 is 12.2 Å². The minimum Gasteiger partial charge on any atom is -0.351 e. The minimum absolute atomic E-state index is 0.164. The van der Waals surface area contributed by atoms with E-state index in [0.29, 0.717) is 5.69 Å². The Kier molecular flexibility index (Phi) is 3.34. The number of H-pyrrole nitrogens is 3. The van der Waals surface area contributed by atoms with E-state index >= 15 is 0 Å².